The lowest BCUT2D eigenvalue weighted by atomic mass is 9.99. The quantitative estimate of drug-likeness (QED) is 0.327. The van der Waals surface area contributed by atoms with Gasteiger partial charge in [0.15, 0.2) is 0 Å². The summed E-state index contributed by atoms with van der Waals surface area (Å²) in [5.74, 6) is 0.867. The summed E-state index contributed by atoms with van der Waals surface area (Å²) in [6.45, 7) is 3.49. The van der Waals surface area contributed by atoms with E-state index >= 15 is 0 Å². The summed E-state index contributed by atoms with van der Waals surface area (Å²) >= 11 is 0. The van der Waals surface area contributed by atoms with Crippen molar-refractivity contribution in [2.45, 2.75) is 6.42 Å². The van der Waals surface area contributed by atoms with E-state index in [1.807, 2.05) is 36.7 Å². The molecule has 3 N–H and O–H groups in total. The highest BCUT2D eigenvalue weighted by Gasteiger charge is 2.12. The average molecular weight is 417 g/mol. The number of hydrogen-bond donors (Lipinski definition) is 2. The number of nitrogen functional groups attached to an aromatic ring is 1. The number of nitro benzene ring substituents is 1. The van der Waals surface area contributed by atoms with Crippen molar-refractivity contribution in [1.29, 1.82) is 0 Å². The van der Waals surface area contributed by atoms with Crippen LogP contribution in [0.4, 0.5) is 17.5 Å². The van der Waals surface area contributed by atoms with Gasteiger partial charge in [0.05, 0.1) is 17.8 Å². The molecule has 158 valence electrons. The monoisotopic (exact) mass is 417 g/mol. The van der Waals surface area contributed by atoms with E-state index in [4.69, 9.17) is 5.73 Å². The Kier molecular flexibility index (Phi) is 6.02. The molecule has 2 aromatic carbocycles. The highest BCUT2D eigenvalue weighted by atomic mass is 16.6. The van der Waals surface area contributed by atoms with Crippen molar-refractivity contribution >= 4 is 23.8 Å². The number of benzene rings is 2. The first kappa shape index (κ1) is 20.3. The zero-order valence-corrected chi connectivity index (χ0v) is 16.9. The SMILES string of the molecule is Nc1ncc(-c2cccc(-c3cccc([N+](=O)[O-])c3)c2)c(NCCCN2C=NCC2)n1. The van der Waals surface area contributed by atoms with Gasteiger partial charge in [0.25, 0.3) is 5.69 Å². The van der Waals surface area contributed by atoms with Gasteiger partial charge in [-0.15, -0.1) is 0 Å². The van der Waals surface area contributed by atoms with Crippen LogP contribution in [0.25, 0.3) is 22.3 Å². The van der Waals surface area contributed by atoms with E-state index in [0.717, 1.165) is 54.9 Å². The highest BCUT2D eigenvalue weighted by Crippen LogP contribution is 2.31. The minimum atomic E-state index is -0.392. The summed E-state index contributed by atoms with van der Waals surface area (Å²) in [5, 5.41) is 14.5. The van der Waals surface area contributed by atoms with E-state index in [9.17, 15) is 10.1 Å². The lowest BCUT2D eigenvalue weighted by molar-refractivity contribution is -0.384. The molecule has 0 aliphatic carbocycles. The largest absolute Gasteiger partial charge is 0.369 e. The molecular weight excluding hydrogens is 394 g/mol. The van der Waals surface area contributed by atoms with Gasteiger partial charge in [0, 0.05) is 43.5 Å². The maximum absolute atomic E-state index is 11.1. The minimum absolute atomic E-state index is 0.0594. The molecule has 9 nitrogen and oxygen atoms in total. The molecule has 4 rings (SSSR count). The number of aromatic nitrogens is 2. The molecule has 9 heteroatoms. The van der Waals surface area contributed by atoms with Gasteiger partial charge >= 0.3 is 0 Å². The molecule has 1 aliphatic rings. The number of nitrogens with one attached hydrogen (secondary N) is 1. The summed E-state index contributed by atoms with van der Waals surface area (Å²) in [6.07, 6.45) is 4.53. The van der Waals surface area contributed by atoms with Crippen LogP contribution >= 0.6 is 0 Å². The third-order valence-corrected chi connectivity index (χ3v) is 5.05. The van der Waals surface area contributed by atoms with Gasteiger partial charge in [0.2, 0.25) is 5.95 Å². The number of nitrogens with zero attached hydrogens (tertiary/aromatic N) is 5. The molecule has 0 saturated heterocycles. The standard InChI is InChI=1S/C22H23N7O2/c23-22-26-14-20(21(27-22)25-8-3-10-28-11-9-24-15-28)18-6-1-4-16(12-18)17-5-2-7-19(13-17)29(30)31/h1-2,4-7,12-15H,3,8-11H2,(H3,23,25,26,27). The maximum Gasteiger partial charge on any atom is 0.270 e. The lowest BCUT2D eigenvalue weighted by Gasteiger charge is -2.15. The molecule has 0 atom stereocenters. The fourth-order valence-corrected chi connectivity index (χ4v) is 3.48. The van der Waals surface area contributed by atoms with E-state index in [1.54, 1.807) is 18.3 Å². The normalized spacial score (nSPS) is 12.8. The number of nitro groups is 1. The number of aliphatic imine (C=N–C) groups is 1. The van der Waals surface area contributed by atoms with Crippen molar-refractivity contribution < 1.29 is 4.92 Å². The third-order valence-electron chi connectivity index (χ3n) is 5.05. The van der Waals surface area contributed by atoms with Crippen molar-refractivity contribution in [3.05, 3.63) is 64.8 Å². The number of hydrogen-bond acceptors (Lipinski definition) is 8. The third kappa shape index (κ3) is 4.95. The van der Waals surface area contributed by atoms with Crippen LogP contribution in [0.1, 0.15) is 6.42 Å². The van der Waals surface area contributed by atoms with Crippen molar-refractivity contribution in [3.63, 3.8) is 0 Å². The Balaban J connectivity index is 1.55. The average Bonchev–Trinajstić information content (AvgIpc) is 3.31. The van der Waals surface area contributed by atoms with Gasteiger partial charge in [0.1, 0.15) is 5.82 Å². The van der Waals surface area contributed by atoms with Crippen LogP contribution in [0.2, 0.25) is 0 Å². The summed E-state index contributed by atoms with van der Waals surface area (Å²) in [5.41, 5.74) is 9.25. The highest BCUT2D eigenvalue weighted by molar-refractivity contribution is 5.79. The fourth-order valence-electron chi connectivity index (χ4n) is 3.48. The Morgan fingerprint density at radius 2 is 1.90 bits per heavy atom. The molecule has 0 amide bonds. The van der Waals surface area contributed by atoms with Crippen LogP contribution in [-0.4, -0.2) is 52.3 Å². The molecule has 1 aliphatic heterocycles. The molecule has 0 fully saturated rings. The van der Waals surface area contributed by atoms with Crippen LogP contribution in [0.3, 0.4) is 0 Å². The predicted octanol–water partition coefficient (Wildman–Crippen LogP) is 3.45. The summed E-state index contributed by atoms with van der Waals surface area (Å²) in [7, 11) is 0. The molecule has 0 spiro atoms. The van der Waals surface area contributed by atoms with E-state index in [2.05, 4.69) is 25.2 Å². The van der Waals surface area contributed by atoms with Gasteiger partial charge in [-0.1, -0.05) is 30.3 Å². The smallest absolute Gasteiger partial charge is 0.270 e. The molecule has 0 saturated carbocycles. The summed E-state index contributed by atoms with van der Waals surface area (Å²) in [6, 6.07) is 14.4. The van der Waals surface area contributed by atoms with Crippen LogP contribution in [0, 0.1) is 10.1 Å². The first-order chi connectivity index (χ1) is 15.1. The van der Waals surface area contributed by atoms with Crippen LogP contribution in [-0.2, 0) is 0 Å². The first-order valence-corrected chi connectivity index (χ1v) is 10.1. The molecular formula is C22H23N7O2. The second-order valence-electron chi connectivity index (χ2n) is 7.22. The zero-order chi connectivity index (χ0) is 21.6. The Morgan fingerprint density at radius 1 is 1.13 bits per heavy atom. The molecule has 0 bridgehead atoms. The molecule has 0 unspecified atom stereocenters. The van der Waals surface area contributed by atoms with Crippen molar-refractivity contribution in [1.82, 2.24) is 14.9 Å². The number of rotatable bonds is 8. The topological polar surface area (TPSA) is 123 Å². The fraction of sp³-hybridized carbons (Fsp3) is 0.227. The van der Waals surface area contributed by atoms with Crippen LogP contribution in [0.5, 0.6) is 0 Å². The van der Waals surface area contributed by atoms with Gasteiger partial charge in [-0.05, 0) is 29.2 Å². The Labute approximate surface area is 179 Å². The molecule has 1 aromatic heterocycles. The van der Waals surface area contributed by atoms with Crippen molar-refractivity contribution in [2.24, 2.45) is 4.99 Å². The Morgan fingerprint density at radius 3 is 2.68 bits per heavy atom. The Bertz CT molecular complexity index is 1120. The molecule has 31 heavy (non-hydrogen) atoms. The van der Waals surface area contributed by atoms with E-state index < -0.39 is 4.92 Å². The van der Waals surface area contributed by atoms with Gasteiger partial charge < -0.3 is 16.0 Å². The van der Waals surface area contributed by atoms with Crippen LogP contribution in [0.15, 0.2) is 59.7 Å². The second kappa shape index (κ2) is 9.21. The number of non-ortho nitro benzene ring substituents is 1. The zero-order valence-electron chi connectivity index (χ0n) is 16.9. The van der Waals surface area contributed by atoms with Gasteiger partial charge in [-0.25, -0.2) is 4.98 Å². The molecule has 2 heterocycles. The van der Waals surface area contributed by atoms with E-state index in [1.165, 1.54) is 6.07 Å². The summed E-state index contributed by atoms with van der Waals surface area (Å²) in [4.78, 5) is 25.7. The van der Waals surface area contributed by atoms with Crippen molar-refractivity contribution in [3.8, 4) is 22.3 Å². The van der Waals surface area contributed by atoms with E-state index in [-0.39, 0.29) is 11.6 Å². The minimum Gasteiger partial charge on any atom is -0.369 e. The van der Waals surface area contributed by atoms with E-state index in [0.29, 0.717) is 5.82 Å². The van der Waals surface area contributed by atoms with Gasteiger partial charge in [-0.2, -0.15) is 4.98 Å². The number of anilines is 2. The summed E-state index contributed by atoms with van der Waals surface area (Å²) < 4.78 is 0. The van der Waals surface area contributed by atoms with Crippen LogP contribution < -0.4 is 11.1 Å². The molecule has 3 aromatic rings. The van der Waals surface area contributed by atoms with Crippen molar-refractivity contribution in [2.75, 3.05) is 37.2 Å². The second-order valence-corrected chi connectivity index (χ2v) is 7.22. The Hall–Kier alpha value is -4.01. The molecule has 0 radical (unpaired) electrons. The predicted molar refractivity (Wildman–Crippen MR) is 122 cm³/mol. The van der Waals surface area contributed by atoms with Gasteiger partial charge in [-0.3, -0.25) is 15.1 Å². The number of nitrogens with two attached hydrogens (primary N) is 1. The lowest BCUT2D eigenvalue weighted by Crippen LogP contribution is -2.22. The first-order valence-electron chi connectivity index (χ1n) is 10.1. The maximum atomic E-state index is 11.1.